The van der Waals surface area contributed by atoms with Crippen molar-refractivity contribution >= 4 is 32.3 Å². The summed E-state index contributed by atoms with van der Waals surface area (Å²) in [5.41, 5.74) is 16.4. The summed E-state index contributed by atoms with van der Waals surface area (Å²) in [6.07, 6.45) is 2.21. The van der Waals surface area contributed by atoms with Crippen LogP contribution >= 0.6 is 0 Å². The Balaban J connectivity index is 1.29. The van der Waals surface area contributed by atoms with Crippen LogP contribution in [-0.2, 0) is 18.3 Å². The van der Waals surface area contributed by atoms with E-state index in [-0.39, 0.29) is 5.41 Å². The molecule has 222 valence electrons. The number of aryl methyl sites for hydroxylation is 2. The van der Waals surface area contributed by atoms with Gasteiger partial charge in [-0.25, -0.2) is 0 Å². The van der Waals surface area contributed by atoms with Crippen molar-refractivity contribution in [1.82, 2.24) is 0 Å². The van der Waals surface area contributed by atoms with Crippen LogP contribution < -0.4 is 0 Å². The summed E-state index contributed by atoms with van der Waals surface area (Å²) >= 11 is 0. The van der Waals surface area contributed by atoms with Gasteiger partial charge < -0.3 is 0 Å². The highest BCUT2D eigenvalue weighted by molar-refractivity contribution is 6.23. The van der Waals surface area contributed by atoms with Gasteiger partial charge in [0.15, 0.2) is 0 Å². The summed E-state index contributed by atoms with van der Waals surface area (Å²) in [6.45, 7) is 4.81. The number of hydrogen-bond acceptors (Lipinski definition) is 0. The largest absolute Gasteiger partial charge is 0.0620 e. The van der Waals surface area contributed by atoms with Crippen LogP contribution in [0.3, 0.4) is 0 Å². The van der Waals surface area contributed by atoms with Gasteiger partial charge in [-0.3, -0.25) is 0 Å². The molecule has 8 aromatic carbocycles. The second-order valence-electron chi connectivity index (χ2n) is 13.9. The molecule has 0 aliphatic heterocycles. The van der Waals surface area contributed by atoms with Gasteiger partial charge >= 0.3 is 0 Å². The van der Waals surface area contributed by atoms with E-state index in [9.17, 15) is 0 Å². The molecule has 0 saturated carbocycles. The van der Waals surface area contributed by atoms with Gasteiger partial charge in [0.05, 0.1) is 0 Å². The van der Waals surface area contributed by atoms with Crippen molar-refractivity contribution in [3.63, 3.8) is 0 Å². The molecule has 2 aliphatic rings. The van der Waals surface area contributed by atoms with E-state index in [1.54, 1.807) is 0 Å². The van der Waals surface area contributed by atoms with E-state index in [0.29, 0.717) is 0 Å². The van der Waals surface area contributed by atoms with Crippen LogP contribution in [0.2, 0.25) is 0 Å². The molecule has 0 atom stereocenters. The fraction of sp³-hybridized carbons (Fsp3) is 0.106. The number of benzene rings is 8. The molecule has 0 fully saturated rings. The normalized spacial score (nSPS) is 14.2. The Morgan fingerprint density at radius 1 is 0.404 bits per heavy atom. The molecule has 0 spiro atoms. The molecular weight excluding hydrogens is 565 g/mol. The third-order valence-corrected chi connectivity index (χ3v) is 11.1. The average Bonchev–Trinajstić information content (AvgIpc) is 3.37. The third-order valence-electron chi connectivity index (χ3n) is 11.1. The number of fused-ring (bicyclic) bond motifs is 10. The van der Waals surface area contributed by atoms with Gasteiger partial charge in [0.2, 0.25) is 0 Å². The first kappa shape index (κ1) is 26.7. The minimum atomic E-state index is -0.105. The first-order valence-corrected chi connectivity index (χ1v) is 16.9. The summed E-state index contributed by atoms with van der Waals surface area (Å²) in [6, 6.07) is 54.9. The molecule has 2 aliphatic carbocycles. The lowest BCUT2D eigenvalue weighted by Gasteiger charge is -2.24. The van der Waals surface area contributed by atoms with E-state index in [4.69, 9.17) is 0 Å². The first-order valence-electron chi connectivity index (χ1n) is 16.9. The minimum absolute atomic E-state index is 0.105. The number of hydrogen-bond donors (Lipinski definition) is 0. The van der Waals surface area contributed by atoms with Gasteiger partial charge in [0, 0.05) is 5.41 Å². The summed E-state index contributed by atoms with van der Waals surface area (Å²) in [4.78, 5) is 0. The van der Waals surface area contributed by atoms with Crippen molar-refractivity contribution in [2.75, 3.05) is 0 Å². The lowest BCUT2D eigenvalue weighted by atomic mass is 9.79. The van der Waals surface area contributed by atoms with Crippen molar-refractivity contribution in [2.45, 2.75) is 32.1 Å². The average molecular weight is 599 g/mol. The predicted octanol–water partition coefficient (Wildman–Crippen LogP) is 12.6. The second kappa shape index (κ2) is 9.77. The highest BCUT2D eigenvalue weighted by atomic mass is 14.4. The SMILES string of the molecule is CC1(C)c2cccc(-c3c4ccccc4c(-c4ccc5c(c4)-c4ccccc4CC5)c4ccccc34)c2-c2ccc3ccccc3c21. The van der Waals surface area contributed by atoms with E-state index in [2.05, 4.69) is 159 Å². The van der Waals surface area contributed by atoms with Crippen molar-refractivity contribution in [1.29, 1.82) is 0 Å². The summed E-state index contributed by atoms with van der Waals surface area (Å²) < 4.78 is 0. The van der Waals surface area contributed by atoms with Gasteiger partial charge in [-0.2, -0.15) is 0 Å². The quantitative estimate of drug-likeness (QED) is 0.174. The predicted molar refractivity (Wildman–Crippen MR) is 200 cm³/mol. The Bertz CT molecular complexity index is 2540. The molecule has 0 N–H and O–H groups in total. The van der Waals surface area contributed by atoms with Crippen molar-refractivity contribution in [3.8, 4) is 44.5 Å². The zero-order valence-electron chi connectivity index (χ0n) is 26.8. The Hall–Kier alpha value is -5.46. The van der Waals surface area contributed by atoms with Crippen LogP contribution in [0.15, 0.2) is 146 Å². The smallest absolute Gasteiger partial charge is 0.0165 e. The van der Waals surface area contributed by atoms with Crippen LogP contribution in [0.25, 0.3) is 76.8 Å². The molecule has 0 radical (unpaired) electrons. The zero-order chi connectivity index (χ0) is 31.3. The van der Waals surface area contributed by atoms with E-state index >= 15 is 0 Å². The maximum atomic E-state index is 2.46. The lowest BCUT2D eigenvalue weighted by Crippen LogP contribution is -2.15. The van der Waals surface area contributed by atoms with Gasteiger partial charge in [-0.05, 0) is 118 Å². The molecule has 10 rings (SSSR count). The Kier molecular flexibility index (Phi) is 5.56. The van der Waals surface area contributed by atoms with E-state index in [1.165, 1.54) is 99.1 Å². The van der Waals surface area contributed by atoms with Gasteiger partial charge in [-0.1, -0.05) is 153 Å². The summed E-state index contributed by atoms with van der Waals surface area (Å²) in [5, 5.41) is 7.88. The van der Waals surface area contributed by atoms with Crippen molar-refractivity contribution in [3.05, 3.63) is 168 Å². The number of rotatable bonds is 2. The van der Waals surface area contributed by atoms with Crippen LogP contribution in [0, 0.1) is 0 Å². The monoisotopic (exact) mass is 598 g/mol. The molecular formula is C47H34. The molecule has 0 unspecified atom stereocenters. The van der Waals surface area contributed by atoms with Crippen LogP contribution in [-0.4, -0.2) is 0 Å². The van der Waals surface area contributed by atoms with E-state index in [0.717, 1.165) is 12.8 Å². The first-order chi connectivity index (χ1) is 23.1. The minimum Gasteiger partial charge on any atom is -0.0620 e. The lowest BCUT2D eigenvalue weighted by molar-refractivity contribution is 0.666. The Morgan fingerprint density at radius 2 is 1.00 bits per heavy atom. The topological polar surface area (TPSA) is 0 Å². The standard InChI is InChI=1S/C47H34/c1-47(2)42-21-11-20-39(45(42)40-27-26-30-13-4-6-15-34(30)46(40)47)44-37-18-9-7-16-35(37)43(36-17-8-10-19-38(36)44)32-25-24-31-23-22-29-12-3-5-14-33(29)41(31)28-32/h3-21,24-28H,22-23H2,1-2H3. The highest BCUT2D eigenvalue weighted by Crippen LogP contribution is 2.56. The molecule has 0 aromatic heterocycles. The third kappa shape index (κ3) is 3.70. The summed E-state index contributed by atoms with van der Waals surface area (Å²) in [5.74, 6) is 0. The zero-order valence-corrected chi connectivity index (χ0v) is 26.8. The van der Waals surface area contributed by atoms with Crippen LogP contribution in [0.1, 0.15) is 36.1 Å². The van der Waals surface area contributed by atoms with Crippen LogP contribution in [0.4, 0.5) is 0 Å². The highest BCUT2D eigenvalue weighted by Gasteiger charge is 2.38. The Labute approximate surface area is 276 Å². The van der Waals surface area contributed by atoms with Crippen LogP contribution in [0.5, 0.6) is 0 Å². The summed E-state index contributed by atoms with van der Waals surface area (Å²) in [7, 11) is 0. The van der Waals surface area contributed by atoms with Gasteiger partial charge in [0.1, 0.15) is 0 Å². The molecule has 0 amide bonds. The molecule has 47 heavy (non-hydrogen) atoms. The fourth-order valence-electron chi connectivity index (χ4n) is 9.06. The van der Waals surface area contributed by atoms with Gasteiger partial charge in [0.25, 0.3) is 0 Å². The fourth-order valence-corrected chi connectivity index (χ4v) is 9.06. The van der Waals surface area contributed by atoms with Crippen molar-refractivity contribution in [2.24, 2.45) is 0 Å². The Morgan fingerprint density at radius 3 is 1.74 bits per heavy atom. The molecule has 0 nitrogen and oxygen atoms in total. The molecule has 0 heteroatoms. The molecule has 0 heterocycles. The molecule has 0 saturated heterocycles. The maximum Gasteiger partial charge on any atom is 0.0165 e. The maximum absolute atomic E-state index is 2.46. The molecule has 0 bridgehead atoms. The van der Waals surface area contributed by atoms with Crippen molar-refractivity contribution < 1.29 is 0 Å². The second-order valence-corrected chi connectivity index (χ2v) is 13.9. The van der Waals surface area contributed by atoms with E-state index in [1.807, 2.05) is 0 Å². The van der Waals surface area contributed by atoms with E-state index < -0.39 is 0 Å². The van der Waals surface area contributed by atoms with Gasteiger partial charge in [-0.15, -0.1) is 0 Å². The molecule has 8 aromatic rings.